The van der Waals surface area contributed by atoms with Gasteiger partial charge in [0.2, 0.25) is 5.16 Å². The second kappa shape index (κ2) is 6.80. The summed E-state index contributed by atoms with van der Waals surface area (Å²) in [6.45, 7) is -0.0594. The van der Waals surface area contributed by atoms with Gasteiger partial charge in [0.05, 0.1) is 7.11 Å². The SMILES string of the molecule is COC(=O)Cn1nnnc1SCc1cc(F)ccc1Br. The van der Waals surface area contributed by atoms with Gasteiger partial charge in [-0.25, -0.2) is 9.07 Å². The molecule has 1 aromatic heterocycles. The maximum Gasteiger partial charge on any atom is 0.327 e. The number of aromatic nitrogens is 4. The van der Waals surface area contributed by atoms with Crippen LogP contribution in [-0.4, -0.2) is 33.3 Å². The van der Waals surface area contributed by atoms with Crippen molar-refractivity contribution in [2.45, 2.75) is 17.5 Å². The van der Waals surface area contributed by atoms with Crippen molar-refractivity contribution in [3.63, 3.8) is 0 Å². The van der Waals surface area contributed by atoms with Crippen LogP contribution in [0.3, 0.4) is 0 Å². The van der Waals surface area contributed by atoms with Crippen molar-refractivity contribution in [2.75, 3.05) is 7.11 Å². The van der Waals surface area contributed by atoms with E-state index in [9.17, 15) is 9.18 Å². The van der Waals surface area contributed by atoms with Crippen molar-refractivity contribution >= 4 is 33.7 Å². The number of methoxy groups -OCH3 is 1. The second-order valence-corrected chi connectivity index (χ2v) is 5.52. The average molecular weight is 361 g/mol. The predicted octanol–water partition coefficient (Wildman–Crippen LogP) is 2.04. The zero-order chi connectivity index (χ0) is 14.5. The molecule has 9 heteroatoms. The molecular weight excluding hydrogens is 351 g/mol. The van der Waals surface area contributed by atoms with Crippen molar-refractivity contribution in [2.24, 2.45) is 0 Å². The topological polar surface area (TPSA) is 69.9 Å². The molecule has 0 aliphatic carbocycles. The number of nitrogens with zero attached hydrogens (tertiary/aromatic N) is 4. The molecule has 0 bridgehead atoms. The Kier molecular flexibility index (Phi) is 5.07. The van der Waals surface area contributed by atoms with Crippen LogP contribution in [0.5, 0.6) is 0 Å². The van der Waals surface area contributed by atoms with Crippen LogP contribution in [-0.2, 0) is 21.8 Å². The molecule has 0 N–H and O–H groups in total. The lowest BCUT2D eigenvalue weighted by atomic mass is 10.2. The quantitative estimate of drug-likeness (QED) is 0.600. The highest BCUT2D eigenvalue weighted by atomic mass is 79.9. The number of benzene rings is 1. The van der Waals surface area contributed by atoms with E-state index in [0.717, 1.165) is 10.0 Å². The molecule has 1 heterocycles. The lowest BCUT2D eigenvalue weighted by molar-refractivity contribution is -0.141. The Bertz CT molecular complexity index is 622. The molecule has 2 rings (SSSR count). The molecule has 0 fully saturated rings. The zero-order valence-corrected chi connectivity index (χ0v) is 12.8. The van der Waals surface area contributed by atoms with Crippen LogP contribution in [0.1, 0.15) is 5.56 Å². The van der Waals surface area contributed by atoms with Gasteiger partial charge < -0.3 is 4.74 Å². The van der Waals surface area contributed by atoms with Crippen LogP contribution in [0.25, 0.3) is 0 Å². The number of carbonyl (C=O) groups excluding carboxylic acids is 1. The zero-order valence-electron chi connectivity index (χ0n) is 10.4. The summed E-state index contributed by atoms with van der Waals surface area (Å²) < 4.78 is 19.9. The molecule has 106 valence electrons. The van der Waals surface area contributed by atoms with Crippen LogP contribution in [0.15, 0.2) is 27.8 Å². The smallest absolute Gasteiger partial charge is 0.327 e. The van der Waals surface area contributed by atoms with E-state index in [-0.39, 0.29) is 12.4 Å². The Balaban J connectivity index is 2.06. The first-order valence-electron chi connectivity index (χ1n) is 5.50. The normalized spacial score (nSPS) is 10.6. The fourth-order valence-electron chi connectivity index (χ4n) is 1.38. The number of halogens is 2. The Morgan fingerprint density at radius 3 is 3.10 bits per heavy atom. The van der Waals surface area contributed by atoms with E-state index in [1.165, 1.54) is 35.7 Å². The third-order valence-electron chi connectivity index (χ3n) is 2.37. The van der Waals surface area contributed by atoms with Crippen LogP contribution >= 0.6 is 27.7 Å². The number of carbonyl (C=O) groups is 1. The Labute approximate surface area is 126 Å². The van der Waals surface area contributed by atoms with Gasteiger partial charge in [-0.1, -0.05) is 27.7 Å². The largest absolute Gasteiger partial charge is 0.468 e. The van der Waals surface area contributed by atoms with Crippen LogP contribution in [0.2, 0.25) is 0 Å². The Morgan fingerprint density at radius 2 is 2.35 bits per heavy atom. The van der Waals surface area contributed by atoms with E-state index in [4.69, 9.17) is 0 Å². The summed E-state index contributed by atoms with van der Waals surface area (Å²) in [7, 11) is 1.30. The van der Waals surface area contributed by atoms with Crippen molar-refractivity contribution in [3.05, 3.63) is 34.1 Å². The first-order chi connectivity index (χ1) is 9.60. The molecule has 0 spiro atoms. The Morgan fingerprint density at radius 1 is 1.55 bits per heavy atom. The maximum absolute atomic E-state index is 13.2. The predicted molar refractivity (Wildman–Crippen MR) is 73.5 cm³/mol. The minimum absolute atomic E-state index is 0.0594. The summed E-state index contributed by atoms with van der Waals surface area (Å²) >= 11 is 4.66. The summed E-state index contributed by atoms with van der Waals surface area (Å²) in [5, 5.41) is 11.5. The van der Waals surface area contributed by atoms with E-state index < -0.39 is 5.97 Å². The van der Waals surface area contributed by atoms with Gasteiger partial charge >= 0.3 is 5.97 Å². The summed E-state index contributed by atoms with van der Waals surface area (Å²) in [5.74, 6) is -0.274. The van der Waals surface area contributed by atoms with Gasteiger partial charge in [0, 0.05) is 10.2 Å². The summed E-state index contributed by atoms with van der Waals surface area (Å²) in [6, 6.07) is 4.45. The molecule has 0 amide bonds. The summed E-state index contributed by atoms with van der Waals surface area (Å²) in [6.07, 6.45) is 0. The number of esters is 1. The van der Waals surface area contributed by atoms with E-state index in [1.54, 1.807) is 6.07 Å². The van der Waals surface area contributed by atoms with Crippen molar-refractivity contribution in [1.29, 1.82) is 0 Å². The second-order valence-electron chi connectivity index (χ2n) is 3.72. The van der Waals surface area contributed by atoms with E-state index in [2.05, 4.69) is 36.2 Å². The van der Waals surface area contributed by atoms with Crippen molar-refractivity contribution < 1.29 is 13.9 Å². The van der Waals surface area contributed by atoms with Gasteiger partial charge in [0.15, 0.2) is 0 Å². The third kappa shape index (κ3) is 3.76. The van der Waals surface area contributed by atoms with Gasteiger partial charge in [0.1, 0.15) is 12.4 Å². The maximum atomic E-state index is 13.2. The highest BCUT2D eigenvalue weighted by Gasteiger charge is 2.12. The van der Waals surface area contributed by atoms with Gasteiger partial charge in [-0.2, -0.15) is 0 Å². The average Bonchev–Trinajstić information content (AvgIpc) is 2.87. The standard InChI is InChI=1S/C11H10BrFN4O2S/c1-19-10(18)5-17-11(14-15-16-17)20-6-7-4-8(13)2-3-9(7)12/h2-4H,5-6H2,1H3. The Hall–Kier alpha value is -1.48. The number of ether oxygens (including phenoxy) is 1. The molecule has 6 nitrogen and oxygen atoms in total. The lowest BCUT2D eigenvalue weighted by Gasteiger charge is -2.05. The first-order valence-corrected chi connectivity index (χ1v) is 7.27. The lowest BCUT2D eigenvalue weighted by Crippen LogP contribution is -2.13. The van der Waals surface area contributed by atoms with E-state index in [0.29, 0.717) is 10.9 Å². The number of hydrogen-bond acceptors (Lipinski definition) is 6. The number of tetrazole rings is 1. The number of rotatable bonds is 5. The fourth-order valence-corrected chi connectivity index (χ4v) is 2.82. The summed E-state index contributed by atoms with van der Waals surface area (Å²) in [5.41, 5.74) is 0.780. The van der Waals surface area contributed by atoms with E-state index >= 15 is 0 Å². The molecule has 1 aromatic carbocycles. The number of hydrogen-bond donors (Lipinski definition) is 0. The van der Waals surface area contributed by atoms with Crippen molar-refractivity contribution in [3.8, 4) is 0 Å². The van der Waals surface area contributed by atoms with Crippen LogP contribution < -0.4 is 0 Å². The van der Waals surface area contributed by atoms with Gasteiger partial charge in [-0.05, 0) is 34.2 Å². The van der Waals surface area contributed by atoms with Crippen molar-refractivity contribution in [1.82, 2.24) is 20.2 Å². The molecule has 2 aromatic rings. The minimum Gasteiger partial charge on any atom is -0.468 e. The molecule has 0 saturated heterocycles. The molecule has 0 atom stereocenters. The van der Waals surface area contributed by atoms with Gasteiger partial charge in [-0.3, -0.25) is 4.79 Å². The van der Waals surface area contributed by atoms with Gasteiger partial charge in [-0.15, -0.1) is 5.10 Å². The number of thioether (sulfide) groups is 1. The monoisotopic (exact) mass is 360 g/mol. The minimum atomic E-state index is -0.439. The first kappa shape index (κ1) is 14.9. The highest BCUT2D eigenvalue weighted by molar-refractivity contribution is 9.10. The third-order valence-corrected chi connectivity index (χ3v) is 4.15. The summed E-state index contributed by atoms with van der Waals surface area (Å²) in [4.78, 5) is 11.2. The molecule has 0 unspecified atom stereocenters. The van der Waals surface area contributed by atoms with E-state index in [1.807, 2.05) is 0 Å². The molecule has 20 heavy (non-hydrogen) atoms. The molecule has 0 aliphatic heterocycles. The molecule has 0 aliphatic rings. The van der Waals surface area contributed by atoms with Crippen LogP contribution in [0.4, 0.5) is 4.39 Å². The molecular formula is C11H10BrFN4O2S. The molecule has 0 radical (unpaired) electrons. The molecule has 0 saturated carbocycles. The van der Waals surface area contributed by atoms with Gasteiger partial charge in [0.25, 0.3) is 0 Å². The fraction of sp³-hybridized carbons (Fsp3) is 0.273. The highest BCUT2D eigenvalue weighted by Crippen LogP contribution is 2.26. The van der Waals surface area contributed by atoms with Crippen LogP contribution in [0, 0.1) is 5.82 Å².